The zero-order valence-corrected chi connectivity index (χ0v) is 13.2. The molecule has 0 fully saturated rings. The highest BCUT2D eigenvalue weighted by Crippen LogP contribution is 2.26. The monoisotopic (exact) mass is 359 g/mol. The molecule has 20 heavy (non-hydrogen) atoms. The average Bonchev–Trinajstić information content (AvgIpc) is 2.91. The Bertz CT molecular complexity index is 671. The highest BCUT2D eigenvalue weighted by atomic mass is 79.9. The molecular weight excluding hydrogens is 346 g/mol. The van der Waals surface area contributed by atoms with Gasteiger partial charge < -0.3 is 9.72 Å². The summed E-state index contributed by atoms with van der Waals surface area (Å²) in [5.74, 6) is 1.03. The molecule has 0 atom stereocenters. The molecule has 2 aromatic rings. The molecule has 1 heterocycles. The lowest BCUT2D eigenvalue weighted by molar-refractivity contribution is 0.402. The molecule has 1 aromatic carbocycles. The summed E-state index contributed by atoms with van der Waals surface area (Å²) in [4.78, 5) is 7.06. The van der Waals surface area contributed by atoms with Crippen LogP contribution >= 0.6 is 15.9 Å². The van der Waals surface area contributed by atoms with Gasteiger partial charge in [-0.15, -0.1) is 0 Å². The predicted molar refractivity (Wildman–Crippen MR) is 78.2 cm³/mol. The van der Waals surface area contributed by atoms with Crippen molar-refractivity contribution in [3.63, 3.8) is 0 Å². The summed E-state index contributed by atoms with van der Waals surface area (Å²) >= 11 is 3.25. The summed E-state index contributed by atoms with van der Waals surface area (Å²) in [6.07, 6.45) is 3.81. The minimum absolute atomic E-state index is 0.105. The van der Waals surface area contributed by atoms with E-state index in [4.69, 9.17) is 4.74 Å². The van der Waals surface area contributed by atoms with Crippen LogP contribution < -0.4 is 9.46 Å². The van der Waals surface area contributed by atoms with E-state index in [2.05, 4.69) is 30.6 Å². The maximum absolute atomic E-state index is 12.3. The quantitative estimate of drug-likeness (QED) is 0.821. The average molecular weight is 360 g/mol. The molecule has 108 valence electrons. The molecule has 0 amide bonds. The lowest BCUT2D eigenvalue weighted by atomic mass is 10.3. The van der Waals surface area contributed by atoms with E-state index in [9.17, 15) is 8.42 Å². The molecule has 0 aliphatic heterocycles. The number of H-pyrrole nitrogens is 1. The van der Waals surface area contributed by atoms with E-state index >= 15 is 0 Å². The van der Waals surface area contributed by atoms with Gasteiger partial charge >= 0.3 is 0 Å². The van der Waals surface area contributed by atoms with Crippen LogP contribution in [-0.4, -0.2) is 32.0 Å². The van der Waals surface area contributed by atoms with E-state index in [1.165, 1.54) is 13.2 Å². The van der Waals surface area contributed by atoms with Crippen LogP contribution in [0.3, 0.4) is 0 Å². The summed E-state index contributed by atoms with van der Waals surface area (Å²) in [7, 11) is -2.19. The zero-order chi connectivity index (χ0) is 14.6. The number of nitrogens with one attached hydrogen (secondary N) is 2. The van der Waals surface area contributed by atoms with Crippen molar-refractivity contribution in [2.75, 3.05) is 13.7 Å². The van der Waals surface area contributed by atoms with Gasteiger partial charge in [-0.05, 0) is 18.2 Å². The molecular formula is C12H14BrN3O3S. The Labute approximate surface area is 125 Å². The Kier molecular flexibility index (Phi) is 4.79. The first kappa shape index (κ1) is 15.0. The Hall–Kier alpha value is -1.38. The van der Waals surface area contributed by atoms with Crippen molar-refractivity contribution in [1.82, 2.24) is 14.7 Å². The number of ether oxygens (including phenoxy) is 1. The minimum Gasteiger partial charge on any atom is -0.495 e. The summed E-state index contributed by atoms with van der Waals surface area (Å²) in [6.45, 7) is 0.255. The largest absolute Gasteiger partial charge is 0.495 e. The van der Waals surface area contributed by atoms with Gasteiger partial charge in [0.05, 0.1) is 7.11 Å². The van der Waals surface area contributed by atoms with Gasteiger partial charge in [-0.25, -0.2) is 18.1 Å². The van der Waals surface area contributed by atoms with Crippen molar-refractivity contribution < 1.29 is 13.2 Å². The molecule has 0 unspecified atom stereocenters. The minimum atomic E-state index is -3.63. The Balaban J connectivity index is 2.11. The highest BCUT2D eigenvalue weighted by Gasteiger charge is 2.19. The standard InChI is InChI=1S/C12H14BrN3O3S/c1-19-10-3-2-9(13)8-11(10)20(17,18)16-5-4-12-14-6-7-15-12/h2-3,6-8,16H,4-5H2,1H3,(H,14,15). The topological polar surface area (TPSA) is 84.1 Å². The van der Waals surface area contributed by atoms with Crippen LogP contribution in [0.5, 0.6) is 5.75 Å². The smallest absolute Gasteiger partial charge is 0.244 e. The summed E-state index contributed by atoms with van der Waals surface area (Å²) < 4.78 is 32.8. The molecule has 0 aliphatic carbocycles. The Morgan fingerprint density at radius 3 is 2.90 bits per heavy atom. The molecule has 8 heteroatoms. The highest BCUT2D eigenvalue weighted by molar-refractivity contribution is 9.10. The van der Waals surface area contributed by atoms with Gasteiger partial charge in [0, 0.05) is 29.8 Å². The number of benzene rings is 1. The first-order valence-electron chi connectivity index (χ1n) is 5.84. The number of imidazole rings is 1. The summed E-state index contributed by atoms with van der Waals surface area (Å²) in [6, 6.07) is 4.83. The molecule has 6 nitrogen and oxygen atoms in total. The van der Waals surface area contributed by atoms with Crippen LogP contribution in [0.4, 0.5) is 0 Å². The molecule has 0 saturated heterocycles. The second kappa shape index (κ2) is 6.38. The number of hydrogen-bond acceptors (Lipinski definition) is 4. The van der Waals surface area contributed by atoms with Gasteiger partial charge in [-0.2, -0.15) is 0 Å². The van der Waals surface area contributed by atoms with Gasteiger partial charge in [0.15, 0.2) is 0 Å². The van der Waals surface area contributed by atoms with E-state index in [1.54, 1.807) is 24.5 Å². The molecule has 0 radical (unpaired) electrons. The SMILES string of the molecule is COc1ccc(Br)cc1S(=O)(=O)NCCc1ncc[nH]1. The van der Waals surface area contributed by atoms with E-state index in [0.29, 0.717) is 16.6 Å². The van der Waals surface area contributed by atoms with Crippen LogP contribution in [0.15, 0.2) is 40.0 Å². The number of hydrogen-bond donors (Lipinski definition) is 2. The fourth-order valence-electron chi connectivity index (χ4n) is 1.68. The van der Waals surface area contributed by atoms with Crippen LogP contribution in [0.25, 0.3) is 0 Å². The Morgan fingerprint density at radius 1 is 1.45 bits per heavy atom. The maximum Gasteiger partial charge on any atom is 0.244 e. The van der Waals surface area contributed by atoms with Crippen molar-refractivity contribution in [2.24, 2.45) is 0 Å². The second-order valence-electron chi connectivity index (χ2n) is 3.98. The van der Waals surface area contributed by atoms with E-state index in [-0.39, 0.29) is 11.4 Å². The lowest BCUT2D eigenvalue weighted by Crippen LogP contribution is -2.26. The molecule has 1 aromatic heterocycles. The molecule has 0 bridgehead atoms. The third-order valence-electron chi connectivity index (χ3n) is 2.62. The molecule has 2 N–H and O–H groups in total. The fraction of sp³-hybridized carbons (Fsp3) is 0.250. The van der Waals surface area contributed by atoms with Crippen LogP contribution in [-0.2, 0) is 16.4 Å². The first-order valence-corrected chi connectivity index (χ1v) is 8.12. The number of rotatable bonds is 6. The Morgan fingerprint density at radius 2 is 2.25 bits per heavy atom. The van der Waals surface area contributed by atoms with Gasteiger partial charge in [0.25, 0.3) is 0 Å². The third kappa shape index (κ3) is 3.59. The molecule has 0 saturated carbocycles. The van der Waals surface area contributed by atoms with Gasteiger partial charge in [0.1, 0.15) is 16.5 Å². The van der Waals surface area contributed by atoms with Crippen molar-refractivity contribution in [1.29, 1.82) is 0 Å². The second-order valence-corrected chi connectivity index (χ2v) is 6.63. The zero-order valence-electron chi connectivity index (χ0n) is 10.8. The normalized spacial score (nSPS) is 11.5. The van der Waals surface area contributed by atoms with Gasteiger partial charge in [-0.3, -0.25) is 0 Å². The fourth-order valence-corrected chi connectivity index (χ4v) is 3.41. The van der Waals surface area contributed by atoms with Crippen molar-refractivity contribution in [2.45, 2.75) is 11.3 Å². The number of aromatic nitrogens is 2. The van der Waals surface area contributed by atoms with Crippen LogP contribution in [0.1, 0.15) is 5.82 Å². The van der Waals surface area contributed by atoms with Crippen molar-refractivity contribution in [3.05, 3.63) is 40.9 Å². The number of methoxy groups -OCH3 is 1. The van der Waals surface area contributed by atoms with Crippen LogP contribution in [0, 0.1) is 0 Å². The van der Waals surface area contributed by atoms with E-state index in [0.717, 1.165) is 5.82 Å². The predicted octanol–water partition coefficient (Wildman–Crippen LogP) is 1.70. The van der Waals surface area contributed by atoms with E-state index < -0.39 is 10.0 Å². The lowest BCUT2D eigenvalue weighted by Gasteiger charge is -2.10. The summed E-state index contributed by atoms with van der Waals surface area (Å²) in [5, 5.41) is 0. The van der Waals surface area contributed by atoms with Crippen molar-refractivity contribution in [3.8, 4) is 5.75 Å². The third-order valence-corrected chi connectivity index (χ3v) is 4.60. The van der Waals surface area contributed by atoms with Crippen LogP contribution in [0.2, 0.25) is 0 Å². The maximum atomic E-state index is 12.3. The summed E-state index contributed by atoms with van der Waals surface area (Å²) in [5.41, 5.74) is 0. The van der Waals surface area contributed by atoms with Crippen molar-refractivity contribution >= 4 is 26.0 Å². The van der Waals surface area contributed by atoms with E-state index in [1.807, 2.05) is 0 Å². The molecule has 0 spiro atoms. The number of nitrogens with zero attached hydrogens (tertiary/aromatic N) is 1. The molecule has 2 rings (SSSR count). The molecule has 0 aliphatic rings. The number of halogens is 1. The van der Waals surface area contributed by atoms with Gasteiger partial charge in [-0.1, -0.05) is 15.9 Å². The van der Waals surface area contributed by atoms with Gasteiger partial charge in [0.2, 0.25) is 10.0 Å². The number of aromatic amines is 1. The first-order chi connectivity index (χ1) is 9.53. The number of sulfonamides is 1.